The van der Waals surface area contributed by atoms with Gasteiger partial charge in [-0.15, -0.1) is 0 Å². The average Bonchev–Trinajstić information content (AvgIpc) is 2.50. The predicted molar refractivity (Wildman–Crippen MR) is 84.1 cm³/mol. The summed E-state index contributed by atoms with van der Waals surface area (Å²) in [6.45, 7) is 0. The molecule has 1 aromatic rings. The molecule has 2 aliphatic carbocycles. The van der Waals surface area contributed by atoms with Gasteiger partial charge in [-0.2, -0.15) is 0 Å². The van der Waals surface area contributed by atoms with E-state index in [4.69, 9.17) is 11.5 Å². The van der Waals surface area contributed by atoms with Gasteiger partial charge in [0, 0.05) is 5.41 Å². The van der Waals surface area contributed by atoms with Gasteiger partial charge in [0.2, 0.25) is 0 Å². The van der Waals surface area contributed by atoms with E-state index in [1.807, 2.05) is 12.2 Å². The van der Waals surface area contributed by atoms with E-state index in [9.17, 15) is 0 Å². The number of benzene rings is 1. The van der Waals surface area contributed by atoms with Gasteiger partial charge in [0.05, 0.1) is 0 Å². The van der Waals surface area contributed by atoms with Crippen LogP contribution in [0.1, 0.15) is 37.7 Å². The summed E-state index contributed by atoms with van der Waals surface area (Å²) in [6.07, 6.45) is 15.0. The molecule has 0 aliphatic heterocycles. The van der Waals surface area contributed by atoms with Gasteiger partial charge < -0.3 is 11.5 Å². The summed E-state index contributed by atoms with van der Waals surface area (Å²) in [5, 5.41) is 0. The SMILES string of the molecule is NC1(N)C=CC(c2ccccc2)(C2CCCCC2)C=C1. The van der Waals surface area contributed by atoms with Crippen LogP contribution in [0.4, 0.5) is 0 Å². The maximum atomic E-state index is 6.01. The van der Waals surface area contributed by atoms with Gasteiger partial charge in [-0.3, -0.25) is 0 Å². The van der Waals surface area contributed by atoms with Crippen molar-refractivity contribution in [2.45, 2.75) is 43.2 Å². The molecule has 0 heterocycles. The molecular weight excluding hydrogens is 244 g/mol. The average molecular weight is 268 g/mol. The molecule has 0 amide bonds. The molecule has 2 aliphatic rings. The van der Waals surface area contributed by atoms with E-state index < -0.39 is 5.66 Å². The zero-order valence-electron chi connectivity index (χ0n) is 12.0. The number of allylic oxidation sites excluding steroid dienone is 2. The largest absolute Gasteiger partial charge is 0.307 e. The van der Waals surface area contributed by atoms with Crippen LogP contribution < -0.4 is 11.5 Å². The molecule has 0 aromatic heterocycles. The summed E-state index contributed by atoms with van der Waals surface area (Å²) in [5.41, 5.74) is 12.6. The van der Waals surface area contributed by atoms with Crippen LogP contribution in [-0.4, -0.2) is 5.66 Å². The first-order valence-electron chi connectivity index (χ1n) is 7.66. The fraction of sp³-hybridized carbons (Fsp3) is 0.444. The van der Waals surface area contributed by atoms with Crippen LogP contribution in [0.15, 0.2) is 54.6 Å². The minimum Gasteiger partial charge on any atom is -0.307 e. The van der Waals surface area contributed by atoms with Crippen LogP contribution in [-0.2, 0) is 5.41 Å². The normalized spacial score (nSPS) is 24.7. The van der Waals surface area contributed by atoms with Gasteiger partial charge in [0.15, 0.2) is 0 Å². The van der Waals surface area contributed by atoms with Gasteiger partial charge in [-0.05, 0) is 36.5 Å². The van der Waals surface area contributed by atoms with Crippen molar-refractivity contribution in [2.75, 3.05) is 0 Å². The molecule has 3 rings (SSSR count). The first kappa shape index (κ1) is 13.6. The third kappa shape index (κ3) is 2.46. The highest BCUT2D eigenvalue weighted by molar-refractivity contribution is 5.43. The second-order valence-corrected chi connectivity index (χ2v) is 6.30. The van der Waals surface area contributed by atoms with E-state index in [1.165, 1.54) is 37.7 Å². The third-order valence-corrected chi connectivity index (χ3v) is 4.85. The maximum absolute atomic E-state index is 6.01. The topological polar surface area (TPSA) is 52.0 Å². The van der Waals surface area contributed by atoms with Crippen LogP contribution in [0.25, 0.3) is 0 Å². The smallest absolute Gasteiger partial charge is 0.102 e. The lowest BCUT2D eigenvalue weighted by Crippen LogP contribution is -2.49. The van der Waals surface area contributed by atoms with Crippen LogP contribution >= 0.6 is 0 Å². The molecule has 0 radical (unpaired) electrons. The lowest BCUT2D eigenvalue weighted by molar-refractivity contribution is 0.280. The van der Waals surface area contributed by atoms with Crippen molar-refractivity contribution in [1.29, 1.82) is 0 Å². The minimum atomic E-state index is -0.799. The Morgan fingerprint density at radius 2 is 1.40 bits per heavy atom. The van der Waals surface area contributed by atoms with Crippen molar-refractivity contribution in [3.63, 3.8) is 0 Å². The van der Waals surface area contributed by atoms with E-state index in [1.54, 1.807) is 0 Å². The highest BCUT2D eigenvalue weighted by Gasteiger charge is 2.39. The Balaban J connectivity index is 2.02. The molecule has 1 fully saturated rings. The van der Waals surface area contributed by atoms with Crippen molar-refractivity contribution in [3.05, 3.63) is 60.2 Å². The van der Waals surface area contributed by atoms with Crippen molar-refractivity contribution in [3.8, 4) is 0 Å². The molecule has 20 heavy (non-hydrogen) atoms. The van der Waals surface area contributed by atoms with E-state index in [-0.39, 0.29) is 5.41 Å². The summed E-state index contributed by atoms with van der Waals surface area (Å²) in [4.78, 5) is 0. The number of nitrogens with two attached hydrogens (primary N) is 2. The molecule has 0 atom stereocenters. The second-order valence-electron chi connectivity index (χ2n) is 6.30. The lowest BCUT2D eigenvalue weighted by atomic mass is 9.63. The molecular formula is C18H24N2. The van der Waals surface area contributed by atoms with Gasteiger partial charge in [0.25, 0.3) is 0 Å². The Hall–Kier alpha value is -1.38. The fourth-order valence-electron chi connectivity index (χ4n) is 3.68. The molecule has 0 spiro atoms. The Morgan fingerprint density at radius 3 is 2.00 bits per heavy atom. The number of hydrogen-bond donors (Lipinski definition) is 2. The Morgan fingerprint density at radius 1 is 0.800 bits per heavy atom. The van der Waals surface area contributed by atoms with E-state index >= 15 is 0 Å². The first-order chi connectivity index (χ1) is 9.62. The molecule has 2 heteroatoms. The second kappa shape index (κ2) is 5.19. The monoisotopic (exact) mass is 268 g/mol. The summed E-state index contributed by atoms with van der Waals surface area (Å²) >= 11 is 0. The van der Waals surface area contributed by atoms with Crippen LogP contribution in [0.3, 0.4) is 0 Å². The summed E-state index contributed by atoms with van der Waals surface area (Å²) in [7, 11) is 0. The molecule has 4 N–H and O–H groups in total. The van der Waals surface area contributed by atoms with Gasteiger partial charge >= 0.3 is 0 Å². The maximum Gasteiger partial charge on any atom is 0.102 e. The molecule has 106 valence electrons. The number of hydrogen-bond acceptors (Lipinski definition) is 2. The van der Waals surface area contributed by atoms with Crippen molar-refractivity contribution >= 4 is 0 Å². The first-order valence-corrected chi connectivity index (χ1v) is 7.66. The third-order valence-electron chi connectivity index (χ3n) is 4.85. The van der Waals surface area contributed by atoms with Crippen molar-refractivity contribution in [1.82, 2.24) is 0 Å². The van der Waals surface area contributed by atoms with E-state index in [0.717, 1.165) is 0 Å². The fourth-order valence-corrected chi connectivity index (χ4v) is 3.68. The summed E-state index contributed by atoms with van der Waals surface area (Å²) < 4.78 is 0. The standard InChI is InChI=1S/C18H24N2/c19-18(20)13-11-17(12-14-18,15-7-3-1-4-8-15)16-9-5-2-6-10-16/h1,3-4,7-8,11-14,16H,2,5-6,9-10,19-20H2. The Labute approximate surface area is 121 Å². The van der Waals surface area contributed by atoms with E-state index in [0.29, 0.717) is 5.92 Å². The molecule has 2 nitrogen and oxygen atoms in total. The number of rotatable bonds is 2. The minimum absolute atomic E-state index is 0.0239. The highest BCUT2D eigenvalue weighted by Crippen LogP contribution is 2.45. The predicted octanol–water partition coefficient (Wildman–Crippen LogP) is 3.24. The van der Waals surface area contributed by atoms with Crippen molar-refractivity contribution < 1.29 is 0 Å². The van der Waals surface area contributed by atoms with Gasteiger partial charge in [0.1, 0.15) is 5.66 Å². The van der Waals surface area contributed by atoms with Gasteiger partial charge in [-0.25, -0.2) is 0 Å². The molecule has 0 unspecified atom stereocenters. The zero-order valence-corrected chi connectivity index (χ0v) is 12.0. The molecule has 0 saturated heterocycles. The van der Waals surface area contributed by atoms with Crippen LogP contribution in [0.2, 0.25) is 0 Å². The van der Waals surface area contributed by atoms with Crippen LogP contribution in [0.5, 0.6) is 0 Å². The van der Waals surface area contributed by atoms with E-state index in [2.05, 4.69) is 42.5 Å². The zero-order chi connectivity index (χ0) is 14.1. The highest BCUT2D eigenvalue weighted by atomic mass is 14.9. The van der Waals surface area contributed by atoms with Crippen LogP contribution in [0, 0.1) is 5.92 Å². The quantitative estimate of drug-likeness (QED) is 0.639. The Kier molecular flexibility index (Phi) is 3.53. The molecule has 0 bridgehead atoms. The summed E-state index contributed by atoms with van der Waals surface area (Å²) in [5.74, 6) is 0.655. The molecule has 1 saturated carbocycles. The summed E-state index contributed by atoms with van der Waals surface area (Å²) in [6, 6.07) is 10.8. The van der Waals surface area contributed by atoms with Gasteiger partial charge in [-0.1, -0.05) is 61.7 Å². The lowest BCUT2D eigenvalue weighted by Gasteiger charge is -2.42. The van der Waals surface area contributed by atoms with Crippen molar-refractivity contribution in [2.24, 2.45) is 17.4 Å². The molecule has 1 aromatic carbocycles. The Bertz CT molecular complexity index is 491.